The van der Waals surface area contributed by atoms with E-state index in [1.54, 1.807) is 0 Å². The monoisotopic (exact) mass is 340 g/mol. The molecule has 1 amide bonds. The van der Waals surface area contributed by atoms with Crippen LogP contribution in [-0.4, -0.2) is 56.8 Å². The number of hydrogen-bond donors (Lipinski definition) is 0. The van der Waals surface area contributed by atoms with Gasteiger partial charge in [-0.1, -0.05) is 12.8 Å². The van der Waals surface area contributed by atoms with Gasteiger partial charge in [0, 0.05) is 32.0 Å². The van der Waals surface area contributed by atoms with Crippen LogP contribution in [-0.2, 0) is 4.79 Å². The molecule has 3 fully saturated rings. The third-order valence-corrected chi connectivity index (χ3v) is 6.28. The molecule has 7 nitrogen and oxygen atoms in total. The molecule has 25 heavy (non-hydrogen) atoms. The lowest BCUT2D eigenvalue weighted by Crippen LogP contribution is -2.61. The first-order valence-electron chi connectivity index (χ1n) is 9.44. The number of likely N-dealkylation sites (N-methyl/N-ethyl adjacent to an activating group) is 1. The summed E-state index contributed by atoms with van der Waals surface area (Å²) in [5.41, 5.74) is 0.819. The van der Waals surface area contributed by atoms with E-state index < -0.39 is 0 Å². The van der Waals surface area contributed by atoms with Gasteiger partial charge in [0.1, 0.15) is 5.82 Å². The molecule has 132 valence electrons. The highest BCUT2D eigenvalue weighted by atomic mass is 16.2. The van der Waals surface area contributed by atoms with Gasteiger partial charge in [-0.3, -0.25) is 4.79 Å². The fourth-order valence-corrected chi connectivity index (χ4v) is 3.90. The van der Waals surface area contributed by atoms with Gasteiger partial charge in [-0.15, -0.1) is 15.3 Å². The van der Waals surface area contributed by atoms with Crippen molar-refractivity contribution in [2.24, 2.45) is 5.92 Å². The highest BCUT2D eigenvalue weighted by molar-refractivity contribution is 5.80. The number of carbonyl (C=O) groups is 1. The highest BCUT2D eigenvalue weighted by Crippen LogP contribution is 2.35. The summed E-state index contributed by atoms with van der Waals surface area (Å²) in [5.74, 6) is 3.06. The number of amides is 1. The summed E-state index contributed by atoms with van der Waals surface area (Å²) in [6, 6.07) is 4.31. The van der Waals surface area contributed by atoms with Crippen molar-refractivity contribution in [3.63, 3.8) is 0 Å². The van der Waals surface area contributed by atoms with E-state index in [1.165, 1.54) is 25.7 Å². The van der Waals surface area contributed by atoms with Crippen LogP contribution in [0.25, 0.3) is 5.65 Å². The van der Waals surface area contributed by atoms with E-state index >= 15 is 0 Å². The van der Waals surface area contributed by atoms with Gasteiger partial charge in [0.2, 0.25) is 5.91 Å². The van der Waals surface area contributed by atoms with E-state index in [4.69, 9.17) is 5.10 Å². The highest BCUT2D eigenvalue weighted by Gasteiger charge is 2.37. The molecule has 2 aromatic heterocycles. The SMILES string of the molecule is CN(C(=O)C1CCC1)C1CN(c2ccc3nnc(C4CCC4)n3n2)C1. The van der Waals surface area contributed by atoms with Crippen molar-refractivity contribution in [1.82, 2.24) is 24.7 Å². The standard InChI is InChI=1S/C18H24N6O/c1-22(18(25)13-6-3-7-13)14-10-23(11-14)16-9-8-15-19-20-17(24(15)21-16)12-4-2-5-12/h8-9,12-14H,2-7,10-11H2,1H3. The Kier molecular flexibility index (Phi) is 3.43. The number of hydrogen-bond acceptors (Lipinski definition) is 5. The molecule has 0 N–H and O–H groups in total. The Morgan fingerprint density at radius 3 is 2.52 bits per heavy atom. The molecule has 2 aromatic rings. The Labute approximate surface area is 147 Å². The molecule has 0 atom stereocenters. The average molecular weight is 340 g/mol. The second-order valence-electron chi connectivity index (χ2n) is 7.78. The van der Waals surface area contributed by atoms with Crippen LogP contribution >= 0.6 is 0 Å². The molecule has 3 heterocycles. The van der Waals surface area contributed by atoms with Gasteiger partial charge in [-0.05, 0) is 37.8 Å². The molecule has 0 bridgehead atoms. The van der Waals surface area contributed by atoms with Crippen molar-refractivity contribution in [2.45, 2.75) is 50.5 Å². The maximum Gasteiger partial charge on any atom is 0.225 e. The quantitative estimate of drug-likeness (QED) is 0.850. The Balaban J connectivity index is 1.29. The maximum absolute atomic E-state index is 12.4. The number of nitrogens with zero attached hydrogens (tertiary/aromatic N) is 6. The summed E-state index contributed by atoms with van der Waals surface area (Å²) in [6.07, 6.45) is 6.98. The van der Waals surface area contributed by atoms with Crippen LogP contribution in [0.2, 0.25) is 0 Å². The van der Waals surface area contributed by atoms with E-state index in [0.29, 0.717) is 17.9 Å². The smallest absolute Gasteiger partial charge is 0.225 e. The molecule has 2 saturated carbocycles. The first-order valence-corrected chi connectivity index (χ1v) is 9.44. The predicted molar refractivity (Wildman–Crippen MR) is 93.5 cm³/mol. The summed E-state index contributed by atoms with van der Waals surface area (Å²) >= 11 is 0. The summed E-state index contributed by atoms with van der Waals surface area (Å²) in [6.45, 7) is 1.71. The zero-order valence-corrected chi connectivity index (χ0v) is 14.6. The summed E-state index contributed by atoms with van der Waals surface area (Å²) in [7, 11) is 1.95. The van der Waals surface area contributed by atoms with Gasteiger partial charge in [0.15, 0.2) is 11.5 Å². The topological polar surface area (TPSA) is 66.6 Å². The minimum absolute atomic E-state index is 0.274. The zero-order valence-electron chi connectivity index (χ0n) is 14.6. The second kappa shape index (κ2) is 5.68. The van der Waals surface area contributed by atoms with Crippen molar-refractivity contribution in [3.05, 3.63) is 18.0 Å². The first kappa shape index (κ1) is 15.1. The number of aromatic nitrogens is 4. The molecule has 2 aliphatic carbocycles. The lowest BCUT2D eigenvalue weighted by molar-refractivity contribution is -0.139. The van der Waals surface area contributed by atoms with E-state index in [2.05, 4.69) is 15.1 Å². The van der Waals surface area contributed by atoms with Crippen LogP contribution in [0.1, 0.15) is 50.3 Å². The van der Waals surface area contributed by atoms with Crippen molar-refractivity contribution >= 4 is 17.4 Å². The maximum atomic E-state index is 12.4. The van der Waals surface area contributed by atoms with E-state index in [0.717, 1.165) is 43.2 Å². The molecule has 0 aromatic carbocycles. The van der Waals surface area contributed by atoms with Gasteiger partial charge >= 0.3 is 0 Å². The number of anilines is 1. The summed E-state index contributed by atoms with van der Waals surface area (Å²) in [5, 5.41) is 13.4. The normalized spacial score (nSPS) is 21.7. The van der Waals surface area contributed by atoms with Crippen LogP contribution in [0.5, 0.6) is 0 Å². The molecule has 0 unspecified atom stereocenters. The first-order chi connectivity index (χ1) is 12.2. The number of carbonyl (C=O) groups excluding carboxylic acids is 1. The van der Waals surface area contributed by atoms with Crippen LogP contribution in [0, 0.1) is 5.92 Å². The van der Waals surface area contributed by atoms with Crippen molar-refractivity contribution < 1.29 is 4.79 Å². The fourth-order valence-electron chi connectivity index (χ4n) is 3.90. The molecule has 1 aliphatic heterocycles. The predicted octanol–water partition coefficient (Wildman–Crippen LogP) is 1.84. The zero-order chi connectivity index (χ0) is 17.0. The lowest BCUT2D eigenvalue weighted by atomic mass is 9.84. The Morgan fingerprint density at radius 2 is 1.88 bits per heavy atom. The second-order valence-corrected chi connectivity index (χ2v) is 7.78. The Bertz CT molecular complexity index is 803. The van der Waals surface area contributed by atoms with Crippen LogP contribution in [0.15, 0.2) is 12.1 Å². The van der Waals surface area contributed by atoms with Crippen LogP contribution in [0.3, 0.4) is 0 Å². The average Bonchev–Trinajstić information content (AvgIpc) is 2.85. The number of fused-ring (bicyclic) bond motifs is 1. The van der Waals surface area contributed by atoms with Crippen LogP contribution < -0.4 is 4.90 Å². The third kappa shape index (κ3) is 2.40. The summed E-state index contributed by atoms with van der Waals surface area (Å²) in [4.78, 5) is 16.6. The third-order valence-electron chi connectivity index (χ3n) is 6.28. The number of rotatable bonds is 4. The largest absolute Gasteiger partial charge is 0.351 e. The van der Waals surface area contributed by atoms with Crippen LogP contribution in [0.4, 0.5) is 5.82 Å². The Hall–Kier alpha value is -2.18. The van der Waals surface area contributed by atoms with E-state index in [-0.39, 0.29) is 5.92 Å². The molecule has 3 aliphatic rings. The molecule has 0 radical (unpaired) electrons. The fraction of sp³-hybridized carbons (Fsp3) is 0.667. The minimum Gasteiger partial charge on any atom is -0.351 e. The lowest BCUT2D eigenvalue weighted by Gasteiger charge is -2.46. The van der Waals surface area contributed by atoms with Crippen molar-refractivity contribution in [2.75, 3.05) is 25.0 Å². The van der Waals surface area contributed by atoms with Gasteiger partial charge in [0.25, 0.3) is 0 Å². The van der Waals surface area contributed by atoms with Crippen molar-refractivity contribution in [3.8, 4) is 0 Å². The van der Waals surface area contributed by atoms with Gasteiger partial charge in [-0.25, -0.2) is 0 Å². The van der Waals surface area contributed by atoms with Gasteiger partial charge in [0.05, 0.1) is 6.04 Å². The van der Waals surface area contributed by atoms with Crippen molar-refractivity contribution in [1.29, 1.82) is 0 Å². The minimum atomic E-state index is 0.274. The molecule has 1 saturated heterocycles. The van der Waals surface area contributed by atoms with E-state index in [9.17, 15) is 4.79 Å². The Morgan fingerprint density at radius 1 is 1.12 bits per heavy atom. The van der Waals surface area contributed by atoms with E-state index in [1.807, 2.05) is 28.6 Å². The molecular weight excluding hydrogens is 316 g/mol. The van der Waals surface area contributed by atoms with Gasteiger partial charge < -0.3 is 9.80 Å². The summed E-state index contributed by atoms with van der Waals surface area (Å²) < 4.78 is 1.91. The molecule has 7 heteroatoms. The molecule has 0 spiro atoms. The van der Waals surface area contributed by atoms with Gasteiger partial charge in [-0.2, -0.15) is 4.52 Å². The molecule has 5 rings (SSSR count). The molecular formula is C18H24N6O.